The van der Waals surface area contributed by atoms with Crippen molar-refractivity contribution in [1.29, 1.82) is 0 Å². The Balaban J connectivity index is 1.64. The summed E-state index contributed by atoms with van der Waals surface area (Å²) < 4.78 is 5.66. The summed E-state index contributed by atoms with van der Waals surface area (Å²) in [6.07, 6.45) is 0. The molecule has 1 N–H and O–H groups in total. The first kappa shape index (κ1) is 13.6. The van der Waals surface area contributed by atoms with Crippen LogP contribution in [0, 0.1) is 6.92 Å². The third-order valence-corrected chi connectivity index (χ3v) is 3.91. The molecule has 3 heteroatoms. The summed E-state index contributed by atoms with van der Waals surface area (Å²) in [5.41, 5.74) is 2.59. The van der Waals surface area contributed by atoms with Gasteiger partial charge in [0, 0.05) is 11.1 Å². The SMILES string of the molecule is Cc1ccc2cc(C(=O)Nc3ccc4ccccc4c3)oc2c1. The van der Waals surface area contributed by atoms with Crippen molar-refractivity contribution in [1.82, 2.24) is 0 Å². The number of anilines is 1. The van der Waals surface area contributed by atoms with Crippen molar-refractivity contribution in [3.63, 3.8) is 0 Å². The zero-order valence-electron chi connectivity index (χ0n) is 12.7. The monoisotopic (exact) mass is 301 g/mol. The van der Waals surface area contributed by atoms with Gasteiger partial charge in [0.25, 0.3) is 5.91 Å². The predicted molar refractivity (Wildman–Crippen MR) is 92.9 cm³/mol. The second kappa shape index (κ2) is 5.29. The highest BCUT2D eigenvalue weighted by atomic mass is 16.3. The fourth-order valence-corrected chi connectivity index (χ4v) is 2.71. The summed E-state index contributed by atoms with van der Waals surface area (Å²) in [6, 6.07) is 21.6. The van der Waals surface area contributed by atoms with Crippen molar-refractivity contribution in [2.75, 3.05) is 5.32 Å². The van der Waals surface area contributed by atoms with E-state index in [0.717, 1.165) is 33.0 Å². The lowest BCUT2D eigenvalue weighted by Gasteiger charge is -2.04. The average molecular weight is 301 g/mol. The Kier molecular flexibility index (Phi) is 3.12. The Bertz CT molecular complexity index is 1030. The standard InChI is InChI=1S/C20H15NO2/c1-13-6-7-16-12-19(23-18(16)10-13)20(22)21-17-9-8-14-4-2-3-5-15(14)11-17/h2-12H,1H3,(H,21,22). The van der Waals surface area contributed by atoms with E-state index in [0.29, 0.717) is 5.76 Å². The largest absolute Gasteiger partial charge is 0.451 e. The maximum Gasteiger partial charge on any atom is 0.291 e. The summed E-state index contributed by atoms with van der Waals surface area (Å²) in [5.74, 6) is 0.0768. The van der Waals surface area contributed by atoms with Crippen molar-refractivity contribution in [2.24, 2.45) is 0 Å². The van der Waals surface area contributed by atoms with Crippen LogP contribution in [0.2, 0.25) is 0 Å². The van der Waals surface area contributed by atoms with Gasteiger partial charge in [0.2, 0.25) is 0 Å². The molecule has 0 radical (unpaired) electrons. The number of hydrogen-bond donors (Lipinski definition) is 1. The molecule has 0 atom stereocenters. The van der Waals surface area contributed by atoms with Gasteiger partial charge in [-0.1, -0.05) is 42.5 Å². The molecule has 0 saturated heterocycles. The van der Waals surface area contributed by atoms with Crippen molar-refractivity contribution in [3.05, 3.63) is 78.1 Å². The predicted octanol–water partition coefficient (Wildman–Crippen LogP) is 5.15. The zero-order chi connectivity index (χ0) is 15.8. The zero-order valence-corrected chi connectivity index (χ0v) is 12.7. The lowest BCUT2D eigenvalue weighted by atomic mass is 10.1. The van der Waals surface area contributed by atoms with E-state index in [1.54, 1.807) is 6.07 Å². The van der Waals surface area contributed by atoms with Crippen LogP contribution in [0.25, 0.3) is 21.7 Å². The highest BCUT2D eigenvalue weighted by molar-refractivity contribution is 6.05. The van der Waals surface area contributed by atoms with Gasteiger partial charge in [-0.15, -0.1) is 0 Å². The first-order chi connectivity index (χ1) is 11.2. The number of amides is 1. The molecule has 3 nitrogen and oxygen atoms in total. The van der Waals surface area contributed by atoms with E-state index in [2.05, 4.69) is 5.32 Å². The number of hydrogen-bond acceptors (Lipinski definition) is 2. The van der Waals surface area contributed by atoms with Crippen LogP contribution in [0.3, 0.4) is 0 Å². The maximum absolute atomic E-state index is 12.4. The molecule has 0 saturated carbocycles. The normalized spacial score (nSPS) is 11.0. The second-order valence-corrected chi connectivity index (χ2v) is 5.67. The third-order valence-electron chi connectivity index (χ3n) is 3.91. The van der Waals surface area contributed by atoms with Gasteiger partial charge in [0.15, 0.2) is 5.76 Å². The Labute approximate surface area is 133 Å². The molecular weight excluding hydrogens is 286 g/mol. The molecule has 0 fully saturated rings. The van der Waals surface area contributed by atoms with Gasteiger partial charge in [-0.25, -0.2) is 0 Å². The molecule has 23 heavy (non-hydrogen) atoms. The fraction of sp³-hybridized carbons (Fsp3) is 0.0500. The van der Waals surface area contributed by atoms with E-state index in [1.807, 2.05) is 67.6 Å². The van der Waals surface area contributed by atoms with Crippen LogP contribution >= 0.6 is 0 Å². The van der Waals surface area contributed by atoms with Gasteiger partial charge in [0.05, 0.1) is 0 Å². The Morgan fingerprint density at radius 2 is 1.65 bits per heavy atom. The summed E-state index contributed by atoms with van der Waals surface area (Å²) in [4.78, 5) is 12.4. The second-order valence-electron chi connectivity index (χ2n) is 5.67. The van der Waals surface area contributed by atoms with Crippen LogP contribution in [0.1, 0.15) is 16.1 Å². The topological polar surface area (TPSA) is 42.2 Å². The maximum atomic E-state index is 12.4. The molecule has 112 valence electrons. The molecule has 4 rings (SSSR count). The molecule has 0 aliphatic heterocycles. The molecule has 0 aliphatic rings. The summed E-state index contributed by atoms with van der Waals surface area (Å²) >= 11 is 0. The van der Waals surface area contributed by atoms with Crippen LogP contribution in [0.5, 0.6) is 0 Å². The van der Waals surface area contributed by atoms with Gasteiger partial charge in [-0.3, -0.25) is 4.79 Å². The summed E-state index contributed by atoms with van der Waals surface area (Å²) in [7, 11) is 0. The molecule has 1 aromatic heterocycles. The molecule has 0 bridgehead atoms. The van der Waals surface area contributed by atoms with E-state index in [1.165, 1.54) is 0 Å². The highest BCUT2D eigenvalue weighted by Crippen LogP contribution is 2.23. The first-order valence-corrected chi connectivity index (χ1v) is 7.49. The number of furan rings is 1. The fourth-order valence-electron chi connectivity index (χ4n) is 2.71. The van der Waals surface area contributed by atoms with Crippen LogP contribution < -0.4 is 5.32 Å². The van der Waals surface area contributed by atoms with Crippen molar-refractivity contribution < 1.29 is 9.21 Å². The highest BCUT2D eigenvalue weighted by Gasteiger charge is 2.12. The molecule has 4 aromatic rings. The summed E-state index contributed by atoms with van der Waals surface area (Å²) in [5, 5.41) is 6.05. The van der Waals surface area contributed by atoms with Crippen molar-refractivity contribution in [2.45, 2.75) is 6.92 Å². The number of benzene rings is 3. The lowest BCUT2D eigenvalue weighted by Crippen LogP contribution is -2.10. The number of carbonyl (C=O) groups is 1. The minimum Gasteiger partial charge on any atom is -0.451 e. The molecule has 0 spiro atoms. The first-order valence-electron chi connectivity index (χ1n) is 7.49. The Hall–Kier alpha value is -3.07. The summed E-state index contributed by atoms with van der Waals surface area (Å²) in [6.45, 7) is 2.00. The molecule has 0 aliphatic carbocycles. The van der Waals surface area contributed by atoms with Gasteiger partial charge in [0.1, 0.15) is 5.58 Å². The lowest BCUT2D eigenvalue weighted by molar-refractivity contribution is 0.0998. The van der Waals surface area contributed by atoms with Crippen molar-refractivity contribution in [3.8, 4) is 0 Å². The van der Waals surface area contributed by atoms with Crippen LogP contribution in [-0.4, -0.2) is 5.91 Å². The number of aryl methyl sites for hydroxylation is 1. The van der Waals surface area contributed by atoms with E-state index >= 15 is 0 Å². The van der Waals surface area contributed by atoms with E-state index in [-0.39, 0.29) is 5.91 Å². The minimum atomic E-state index is -0.242. The smallest absolute Gasteiger partial charge is 0.291 e. The Morgan fingerprint density at radius 3 is 2.52 bits per heavy atom. The van der Waals surface area contributed by atoms with Crippen LogP contribution in [-0.2, 0) is 0 Å². The van der Waals surface area contributed by atoms with Gasteiger partial charge >= 0.3 is 0 Å². The molecule has 1 heterocycles. The molecule has 3 aromatic carbocycles. The van der Waals surface area contributed by atoms with Crippen LogP contribution in [0.4, 0.5) is 5.69 Å². The van der Waals surface area contributed by atoms with E-state index in [4.69, 9.17) is 4.42 Å². The molecule has 0 unspecified atom stereocenters. The van der Waals surface area contributed by atoms with Gasteiger partial charge in [-0.2, -0.15) is 0 Å². The number of carbonyl (C=O) groups excluding carboxylic acids is 1. The molecular formula is C20H15NO2. The number of rotatable bonds is 2. The Morgan fingerprint density at radius 1 is 0.870 bits per heavy atom. The quantitative estimate of drug-likeness (QED) is 0.556. The number of nitrogens with one attached hydrogen (secondary N) is 1. The van der Waals surface area contributed by atoms with Gasteiger partial charge in [-0.05, 0) is 47.5 Å². The van der Waals surface area contributed by atoms with Gasteiger partial charge < -0.3 is 9.73 Å². The third kappa shape index (κ3) is 2.57. The van der Waals surface area contributed by atoms with E-state index in [9.17, 15) is 4.79 Å². The van der Waals surface area contributed by atoms with Crippen molar-refractivity contribution >= 4 is 33.3 Å². The van der Waals surface area contributed by atoms with Crippen LogP contribution in [0.15, 0.2) is 71.1 Å². The molecule has 1 amide bonds. The average Bonchev–Trinajstić information content (AvgIpc) is 2.98. The van der Waals surface area contributed by atoms with E-state index < -0.39 is 0 Å². The number of fused-ring (bicyclic) bond motifs is 2. The minimum absolute atomic E-state index is 0.242.